The minimum absolute atomic E-state index is 0.0186. The number of hydrogen-bond donors (Lipinski definition) is 1. The van der Waals surface area contributed by atoms with Crippen LogP contribution < -0.4 is 9.47 Å². The second-order valence-electron chi connectivity index (χ2n) is 2.88. The summed E-state index contributed by atoms with van der Waals surface area (Å²) in [6.45, 7) is 0.185. The van der Waals surface area contributed by atoms with Crippen molar-refractivity contribution in [3.05, 3.63) is 22.2 Å². The maximum Gasteiger partial charge on any atom is 0.307 e. The molecule has 0 aliphatic carbocycles. The van der Waals surface area contributed by atoms with Crippen molar-refractivity contribution in [3.63, 3.8) is 0 Å². The first kappa shape index (κ1) is 9.33. The van der Waals surface area contributed by atoms with Gasteiger partial charge >= 0.3 is 5.97 Å². The zero-order valence-electron chi connectivity index (χ0n) is 7.12. The van der Waals surface area contributed by atoms with Crippen LogP contribution >= 0.6 is 15.9 Å². The van der Waals surface area contributed by atoms with Gasteiger partial charge in [0.1, 0.15) is 0 Å². The van der Waals surface area contributed by atoms with Crippen LogP contribution in [0, 0.1) is 0 Å². The first-order chi connectivity index (χ1) is 6.66. The number of hydrogen-bond acceptors (Lipinski definition) is 3. The standard InChI is InChI=1S/C9H7BrO4/c10-6-1-5(3-8(11)12)2-7-9(6)14-4-13-7/h1-2H,3-4H2,(H,11,12). The minimum Gasteiger partial charge on any atom is -0.481 e. The van der Waals surface area contributed by atoms with Gasteiger partial charge in [0.25, 0.3) is 0 Å². The van der Waals surface area contributed by atoms with E-state index in [9.17, 15) is 4.79 Å². The van der Waals surface area contributed by atoms with Gasteiger partial charge in [0.2, 0.25) is 6.79 Å². The predicted molar refractivity (Wildman–Crippen MR) is 51.6 cm³/mol. The Morgan fingerprint density at radius 3 is 3.00 bits per heavy atom. The van der Waals surface area contributed by atoms with E-state index in [1.807, 2.05) is 0 Å². The molecule has 0 amide bonds. The highest BCUT2D eigenvalue weighted by Crippen LogP contribution is 2.39. The molecular weight excluding hydrogens is 252 g/mol. The van der Waals surface area contributed by atoms with Gasteiger partial charge in [-0.1, -0.05) is 0 Å². The van der Waals surface area contributed by atoms with E-state index >= 15 is 0 Å². The molecule has 1 heterocycles. The molecule has 0 atom stereocenters. The van der Waals surface area contributed by atoms with Crippen molar-refractivity contribution in [2.45, 2.75) is 6.42 Å². The lowest BCUT2D eigenvalue weighted by molar-refractivity contribution is -0.136. The van der Waals surface area contributed by atoms with Crippen LogP contribution in [0.15, 0.2) is 16.6 Å². The first-order valence-corrected chi connectivity index (χ1v) is 4.76. The Hall–Kier alpha value is -1.23. The summed E-state index contributed by atoms with van der Waals surface area (Å²) in [5.41, 5.74) is 0.689. The summed E-state index contributed by atoms with van der Waals surface area (Å²) in [6, 6.07) is 3.41. The SMILES string of the molecule is O=C(O)Cc1cc(Br)c2c(c1)OCO2. The third-order valence-electron chi connectivity index (χ3n) is 1.84. The summed E-state index contributed by atoms with van der Waals surface area (Å²) < 4.78 is 11.1. The monoisotopic (exact) mass is 258 g/mol. The quantitative estimate of drug-likeness (QED) is 0.879. The Kier molecular flexibility index (Phi) is 2.33. The van der Waals surface area contributed by atoms with Crippen LogP contribution in [-0.4, -0.2) is 17.9 Å². The van der Waals surface area contributed by atoms with Crippen molar-refractivity contribution in [1.82, 2.24) is 0 Å². The molecule has 0 radical (unpaired) electrons. The average Bonchev–Trinajstić information content (AvgIpc) is 2.50. The number of benzene rings is 1. The van der Waals surface area contributed by atoms with Crippen LogP contribution in [-0.2, 0) is 11.2 Å². The van der Waals surface area contributed by atoms with E-state index in [-0.39, 0.29) is 13.2 Å². The average molecular weight is 259 g/mol. The number of aliphatic carboxylic acids is 1. The van der Waals surface area contributed by atoms with Crippen LogP contribution in [0.5, 0.6) is 11.5 Å². The smallest absolute Gasteiger partial charge is 0.307 e. The lowest BCUT2D eigenvalue weighted by Crippen LogP contribution is -1.99. The predicted octanol–water partition coefficient (Wildman–Crippen LogP) is 1.80. The Labute approximate surface area is 88.6 Å². The van der Waals surface area contributed by atoms with Gasteiger partial charge < -0.3 is 14.6 Å². The molecule has 0 unspecified atom stereocenters. The summed E-state index contributed by atoms with van der Waals surface area (Å²) in [5.74, 6) is 0.366. The second-order valence-corrected chi connectivity index (χ2v) is 3.74. The Bertz CT molecular complexity index is 389. The van der Waals surface area contributed by atoms with Crippen LogP contribution in [0.25, 0.3) is 0 Å². The van der Waals surface area contributed by atoms with Gasteiger partial charge in [0.15, 0.2) is 11.5 Å². The van der Waals surface area contributed by atoms with Crippen molar-refractivity contribution < 1.29 is 19.4 Å². The number of fused-ring (bicyclic) bond motifs is 1. The van der Waals surface area contributed by atoms with Crippen molar-refractivity contribution in [1.29, 1.82) is 0 Å². The molecule has 1 aromatic rings. The molecule has 1 aliphatic heterocycles. The molecule has 0 aromatic heterocycles. The molecule has 2 rings (SSSR count). The molecule has 0 saturated heterocycles. The summed E-state index contributed by atoms with van der Waals surface area (Å²) in [4.78, 5) is 10.5. The molecule has 4 nitrogen and oxygen atoms in total. The van der Waals surface area contributed by atoms with Gasteiger partial charge in [-0.3, -0.25) is 4.79 Å². The maximum atomic E-state index is 10.5. The van der Waals surface area contributed by atoms with Gasteiger partial charge in [-0.05, 0) is 33.6 Å². The first-order valence-electron chi connectivity index (χ1n) is 3.96. The lowest BCUT2D eigenvalue weighted by Gasteiger charge is -2.02. The molecule has 0 spiro atoms. The van der Waals surface area contributed by atoms with E-state index < -0.39 is 5.97 Å². The number of carbonyl (C=O) groups is 1. The molecular formula is C9H7BrO4. The van der Waals surface area contributed by atoms with Crippen LogP contribution in [0.4, 0.5) is 0 Å². The highest BCUT2D eigenvalue weighted by atomic mass is 79.9. The van der Waals surface area contributed by atoms with Crippen molar-refractivity contribution >= 4 is 21.9 Å². The summed E-state index contributed by atoms with van der Waals surface area (Å²) in [6.07, 6.45) is -0.0186. The topological polar surface area (TPSA) is 55.8 Å². The van der Waals surface area contributed by atoms with E-state index in [1.165, 1.54) is 0 Å². The third kappa shape index (κ3) is 1.68. The molecule has 5 heteroatoms. The van der Waals surface area contributed by atoms with Crippen LogP contribution in [0.2, 0.25) is 0 Å². The van der Waals surface area contributed by atoms with Crippen LogP contribution in [0.3, 0.4) is 0 Å². The van der Waals surface area contributed by atoms with E-state index in [1.54, 1.807) is 12.1 Å². The Balaban J connectivity index is 2.36. The van der Waals surface area contributed by atoms with Gasteiger partial charge in [0, 0.05) is 0 Å². The molecule has 74 valence electrons. The zero-order valence-corrected chi connectivity index (χ0v) is 8.70. The highest BCUT2D eigenvalue weighted by Gasteiger charge is 2.18. The maximum absolute atomic E-state index is 10.5. The molecule has 1 aromatic carbocycles. The number of ether oxygens (including phenoxy) is 2. The molecule has 0 bridgehead atoms. The fourth-order valence-electron chi connectivity index (χ4n) is 1.30. The molecule has 14 heavy (non-hydrogen) atoms. The Morgan fingerprint density at radius 1 is 1.50 bits per heavy atom. The highest BCUT2D eigenvalue weighted by molar-refractivity contribution is 9.10. The van der Waals surface area contributed by atoms with Crippen molar-refractivity contribution in [2.75, 3.05) is 6.79 Å². The van der Waals surface area contributed by atoms with Gasteiger partial charge in [-0.15, -0.1) is 0 Å². The number of carboxylic acids is 1. The van der Waals surface area contributed by atoms with Gasteiger partial charge in [0.05, 0.1) is 10.9 Å². The van der Waals surface area contributed by atoms with E-state index in [0.717, 1.165) is 4.47 Å². The number of carboxylic acid groups (broad SMARTS) is 1. The minimum atomic E-state index is -0.865. The van der Waals surface area contributed by atoms with E-state index in [4.69, 9.17) is 14.6 Å². The largest absolute Gasteiger partial charge is 0.481 e. The Morgan fingerprint density at radius 2 is 2.29 bits per heavy atom. The normalized spacial score (nSPS) is 12.9. The summed E-state index contributed by atoms with van der Waals surface area (Å²) in [5, 5.41) is 8.62. The van der Waals surface area contributed by atoms with Gasteiger partial charge in [-0.25, -0.2) is 0 Å². The van der Waals surface area contributed by atoms with Crippen molar-refractivity contribution in [3.8, 4) is 11.5 Å². The summed E-state index contributed by atoms with van der Waals surface area (Å²) >= 11 is 3.29. The van der Waals surface area contributed by atoms with E-state index in [2.05, 4.69) is 15.9 Å². The second kappa shape index (κ2) is 3.49. The summed E-state index contributed by atoms with van der Waals surface area (Å²) in [7, 11) is 0. The third-order valence-corrected chi connectivity index (χ3v) is 2.43. The van der Waals surface area contributed by atoms with Gasteiger partial charge in [-0.2, -0.15) is 0 Å². The zero-order chi connectivity index (χ0) is 10.1. The van der Waals surface area contributed by atoms with E-state index in [0.29, 0.717) is 17.1 Å². The molecule has 0 saturated carbocycles. The molecule has 1 N–H and O–H groups in total. The number of rotatable bonds is 2. The molecule has 0 fully saturated rings. The van der Waals surface area contributed by atoms with Crippen molar-refractivity contribution in [2.24, 2.45) is 0 Å². The fourth-order valence-corrected chi connectivity index (χ4v) is 1.90. The van der Waals surface area contributed by atoms with Crippen LogP contribution in [0.1, 0.15) is 5.56 Å². The number of halogens is 1. The lowest BCUT2D eigenvalue weighted by atomic mass is 10.1. The fraction of sp³-hybridized carbons (Fsp3) is 0.222. The molecule has 1 aliphatic rings.